The predicted molar refractivity (Wildman–Crippen MR) is 103 cm³/mol. The third-order valence-corrected chi connectivity index (χ3v) is 10.9. The van der Waals surface area contributed by atoms with Crippen LogP contribution >= 0.6 is 7.92 Å². The van der Waals surface area contributed by atoms with E-state index in [1.165, 1.54) is 82.8 Å². The summed E-state index contributed by atoms with van der Waals surface area (Å²) >= 11 is 0. The first-order chi connectivity index (χ1) is 12.2. The summed E-state index contributed by atoms with van der Waals surface area (Å²) in [6.07, 6.45) is 17.4. The summed E-state index contributed by atoms with van der Waals surface area (Å²) in [5, 5.41) is 0. The van der Waals surface area contributed by atoms with Gasteiger partial charge in [0.1, 0.15) is 0 Å². The number of hydrogen-bond donors (Lipinski definition) is 0. The highest BCUT2D eigenvalue weighted by Crippen LogP contribution is 2.61. The second-order valence-electron chi connectivity index (χ2n) is 8.46. The lowest BCUT2D eigenvalue weighted by molar-refractivity contribution is 0.476. The zero-order valence-electron chi connectivity index (χ0n) is 15.3. The van der Waals surface area contributed by atoms with E-state index in [0.29, 0.717) is 0 Å². The maximum atomic E-state index is 13.8. The summed E-state index contributed by atoms with van der Waals surface area (Å²) in [5.41, 5.74) is 4.82. The molecule has 138 valence electrons. The Morgan fingerprint density at radius 3 is 1.72 bits per heavy atom. The van der Waals surface area contributed by atoms with E-state index >= 15 is 0 Å². The van der Waals surface area contributed by atoms with Crippen molar-refractivity contribution in [1.82, 2.24) is 0 Å². The number of benzene rings is 1. The van der Waals surface area contributed by atoms with Crippen LogP contribution in [0.15, 0.2) is 12.1 Å². The second kappa shape index (κ2) is 8.03. The Bertz CT molecular complexity index is 570. The molecule has 25 heavy (non-hydrogen) atoms. The fraction of sp³-hybridized carbons (Fsp3) is 0.727. The summed E-state index contributed by atoms with van der Waals surface area (Å²) in [5.74, 6) is -1.32. The van der Waals surface area contributed by atoms with Crippen molar-refractivity contribution in [3.63, 3.8) is 0 Å². The SMILES string of the molecule is Fc1cc2c(cc1F)CC(P(C1CCCCC1)C1CCCCC1)CC2. The van der Waals surface area contributed by atoms with Gasteiger partial charge in [-0.1, -0.05) is 46.4 Å². The minimum absolute atomic E-state index is 0.0269. The molecule has 0 aromatic heterocycles. The molecular weight excluding hydrogens is 333 g/mol. The normalized spacial score (nSPS) is 26.0. The fourth-order valence-electron chi connectivity index (χ4n) is 5.64. The van der Waals surface area contributed by atoms with Gasteiger partial charge in [-0.3, -0.25) is 0 Å². The van der Waals surface area contributed by atoms with E-state index in [9.17, 15) is 8.78 Å². The van der Waals surface area contributed by atoms with E-state index in [4.69, 9.17) is 0 Å². The average Bonchev–Trinajstić information content (AvgIpc) is 2.65. The summed E-state index contributed by atoms with van der Waals surface area (Å²) in [7, 11) is 0.0269. The van der Waals surface area contributed by atoms with Crippen LogP contribution in [0, 0.1) is 11.6 Å². The van der Waals surface area contributed by atoms with Gasteiger partial charge in [0.2, 0.25) is 0 Å². The van der Waals surface area contributed by atoms with E-state index in [2.05, 4.69) is 0 Å². The molecule has 1 aromatic carbocycles. The van der Waals surface area contributed by atoms with Crippen LogP contribution in [-0.4, -0.2) is 17.0 Å². The molecule has 3 heteroatoms. The van der Waals surface area contributed by atoms with E-state index in [1.807, 2.05) is 0 Å². The highest BCUT2D eigenvalue weighted by molar-refractivity contribution is 7.60. The maximum absolute atomic E-state index is 13.8. The minimum atomic E-state index is -0.668. The standard InChI is InChI=1S/C22H31F2P/c23-21-14-16-11-12-20(13-17(16)15-22(21)24)25(18-7-3-1-4-8-18)19-9-5-2-6-10-19/h14-15,18-20H,1-13H2. The number of hydrogen-bond acceptors (Lipinski definition) is 0. The smallest absolute Gasteiger partial charge is 0.159 e. The fourth-order valence-corrected chi connectivity index (χ4v) is 10.2. The van der Waals surface area contributed by atoms with E-state index in [0.717, 1.165) is 40.9 Å². The van der Waals surface area contributed by atoms with Crippen LogP contribution < -0.4 is 0 Å². The van der Waals surface area contributed by atoms with Gasteiger partial charge >= 0.3 is 0 Å². The molecule has 0 amide bonds. The highest BCUT2D eigenvalue weighted by Gasteiger charge is 2.37. The third-order valence-electron chi connectivity index (χ3n) is 6.86. The zero-order valence-corrected chi connectivity index (χ0v) is 16.2. The number of halogens is 2. The van der Waals surface area contributed by atoms with Gasteiger partial charge in [0.15, 0.2) is 11.6 Å². The average molecular weight is 364 g/mol. The highest BCUT2D eigenvalue weighted by atomic mass is 31.1. The summed E-state index contributed by atoms with van der Waals surface area (Å²) < 4.78 is 27.3. The monoisotopic (exact) mass is 364 g/mol. The van der Waals surface area contributed by atoms with Gasteiger partial charge < -0.3 is 0 Å². The lowest BCUT2D eigenvalue weighted by Crippen LogP contribution is -2.30. The first kappa shape index (κ1) is 17.9. The second-order valence-corrected chi connectivity index (χ2v) is 11.5. The first-order valence-electron chi connectivity index (χ1n) is 10.5. The van der Waals surface area contributed by atoms with Crippen molar-refractivity contribution in [2.24, 2.45) is 0 Å². The Morgan fingerprint density at radius 2 is 1.16 bits per heavy atom. The predicted octanol–water partition coefficient (Wildman–Crippen LogP) is 6.97. The van der Waals surface area contributed by atoms with E-state index < -0.39 is 11.6 Å². The molecule has 2 saturated carbocycles. The van der Waals surface area contributed by atoms with Crippen molar-refractivity contribution in [2.75, 3.05) is 0 Å². The van der Waals surface area contributed by atoms with Gasteiger partial charge in [-0.25, -0.2) is 8.78 Å². The molecule has 4 rings (SSSR count). The summed E-state index contributed by atoms with van der Waals surface area (Å²) in [4.78, 5) is 0. The largest absolute Gasteiger partial charge is 0.204 e. The number of fused-ring (bicyclic) bond motifs is 1. The van der Waals surface area contributed by atoms with Crippen molar-refractivity contribution in [1.29, 1.82) is 0 Å². The Hall–Kier alpha value is -0.490. The van der Waals surface area contributed by atoms with Crippen molar-refractivity contribution in [2.45, 2.75) is 100 Å². The zero-order chi connectivity index (χ0) is 17.2. The molecule has 2 fully saturated rings. The van der Waals surface area contributed by atoms with Gasteiger partial charge in [-0.15, -0.1) is 0 Å². The lowest BCUT2D eigenvalue weighted by Gasteiger charge is -2.44. The minimum Gasteiger partial charge on any atom is -0.204 e. The molecule has 0 radical (unpaired) electrons. The topological polar surface area (TPSA) is 0 Å². The molecule has 0 spiro atoms. The van der Waals surface area contributed by atoms with Crippen molar-refractivity contribution in [3.8, 4) is 0 Å². The van der Waals surface area contributed by atoms with Gasteiger partial charge in [0.05, 0.1) is 0 Å². The maximum Gasteiger partial charge on any atom is 0.159 e. The molecule has 0 aliphatic heterocycles. The van der Waals surface area contributed by atoms with E-state index in [1.54, 1.807) is 0 Å². The van der Waals surface area contributed by atoms with Crippen molar-refractivity contribution < 1.29 is 8.78 Å². The Kier molecular flexibility index (Phi) is 5.75. The van der Waals surface area contributed by atoms with Crippen LogP contribution in [0.1, 0.15) is 81.8 Å². The Morgan fingerprint density at radius 1 is 0.640 bits per heavy atom. The molecule has 0 bridgehead atoms. The van der Waals surface area contributed by atoms with Gasteiger partial charge in [-0.2, -0.15) is 0 Å². The van der Waals surface area contributed by atoms with Crippen molar-refractivity contribution >= 4 is 7.92 Å². The number of rotatable bonds is 3. The molecular formula is C22H31F2P. The van der Waals surface area contributed by atoms with Crippen LogP contribution in [-0.2, 0) is 12.8 Å². The van der Waals surface area contributed by atoms with Gasteiger partial charge in [0, 0.05) is 0 Å². The molecule has 1 unspecified atom stereocenters. The van der Waals surface area contributed by atoms with E-state index in [-0.39, 0.29) is 7.92 Å². The molecule has 3 aliphatic carbocycles. The summed E-state index contributed by atoms with van der Waals surface area (Å²) in [6, 6.07) is 2.97. The molecule has 0 N–H and O–H groups in total. The van der Waals surface area contributed by atoms with Crippen LogP contribution in [0.2, 0.25) is 0 Å². The molecule has 0 saturated heterocycles. The third kappa shape index (κ3) is 3.95. The van der Waals surface area contributed by atoms with Crippen LogP contribution in [0.4, 0.5) is 8.78 Å². The van der Waals surface area contributed by atoms with Crippen molar-refractivity contribution in [3.05, 3.63) is 34.9 Å². The molecule has 1 atom stereocenters. The Balaban J connectivity index is 1.57. The first-order valence-corrected chi connectivity index (χ1v) is 12.0. The molecule has 1 aromatic rings. The molecule has 0 heterocycles. The van der Waals surface area contributed by atoms with Crippen LogP contribution in [0.5, 0.6) is 0 Å². The van der Waals surface area contributed by atoms with Gasteiger partial charge in [-0.05, 0) is 85.2 Å². The van der Waals surface area contributed by atoms with Crippen LogP contribution in [0.3, 0.4) is 0 Å². The van der Waals surface area contributed by atoms with Crippen LogP contribution in [0.25, 0.3) is 0 Å². The molecule has 3 aliphatic rings. The molecule has 0 nitrogen and oxygen atoms in total. The Labute approximate surface area is 152 Å². The number of aryl methyl sites for hydroxylation is 1. The summed E-state index contributed by atoms with van der Waals surface area (Å²) in [6.45, 7) is 0. The quantitative estimate of drug-likeness (QED) is 0.508. The lowest BCUT2D eigenvalue weighted by atomic mass is 9.91. The van der Waals surface area contributed by atoms with Gasteiger partial charge in [0.25, 0.3) is 0 Å².